The van der Waals surface area contributed by atoms with E-state index >= 15 is 0 Å². The van der Waals surface area contributed by atoms with E-state index < -0.39 is 5.97 Å². The first-order chi connectivity index (χ1) is 16.9. The van der Waals surface area contributed by atoms with E-state index in [2.05, 4.69) is 41.1 Å². The third kappa shape index (κ3) is 9.17. The number of aliphatic hydroxyl groups excluding tert-OH is 1. The molecule has 1 aliphatic rings. The standard InChI is InChI=1S/C25H32N2O4.C3H6O/c1-3-4-5-9-12-24(26-31-19(2)29)23-18-27(20-10-7-6-8-11-20)25-14-13-21(17-22(23)25)30-16-15-28;1-3(2)4/h7,10-11,13-14,17-18,28H,3-6,8-9,12,15-16H2,1-2H3;1-2H3/b26-24+;. The molecule has 35 heavy (non-hydrogen) atoms. The number of rotatable bonds is 11. The van der Waals surface area contributed by atoms with Crippen LogP contribution < -0.4 is 4.74 Å². The van der Waals surface area contributed by atoms with Gasteiger partial charge in [-0.1, -0.05) is 43.5 Å². The number of benzene rings is 1. The number of hydrogen-bond donors (Lipinski definition) is 1. The molecule has 1 aliphatic carbocycles. The number of nitrogens with zero attached hydrogens (tertiary/aromatic N) is 2. The van der Waals surface area contributed by atoms with Gasteiger partial charge < -0.3 is 24.0 Å². The molecule has 1 aromatic heterocycles. The number of allylic oxidation sites excluding steroid dienone is 4. The molecule has 0 aliphatic heterocycles. The second-order valence-electron chi connectivity index (χ2n) is 8.61. The van der Waals surface area contributed by atoms with Gasteiger partial charge >= 0.3 is 5.97 Å². The van der Waals surface area contributed by atoms with E-state index in [4.69, 9.17) is 14.7 Å². The molecule has 0 unspecified atom stereocenters. The molecule has 7 nitrogen and oxygen atoms in total. The number of carbonyl (C=O) groups excluding carboxylic acids is 2. The Labute approximate surface area is 208 Å². The van der Waals surface area contributed by atoms with Crippen LogP contribution in [0.25, 0.3) is 16.6 Å². The molecule has 0 saturated carbocycles. The van der Waals surface area contributed by atoms with Crippen molar-refractivity contribution in [2.75, 3.05) is 13.2 Å². The summed E-state index contributed by atoms with van der Waals surface area (Å²) in [7, 11) is 0. The summed E-state index contributed by atoms with van der Waals surface area (Å²) in [4.78, 5) is 26.0. The minimum absolute atomic E-state index is 0.0415. The predicted octanol–water partition coefficient (Wildman–Crippen LogP) is 6.04. The lowest BCUT2D eigenvalue weighted by Gasteiger charge is -2.10. The summed E-state index contributed by atoms with van der Waals surface area (Å²) in [6.07, 6.45) is 15.8. The van der Waals surface area contributed by atoms with E-state index in [0.29, 0.717) is 5.75 Å². The van der Waals surface area contributed by atoms with Crippen LogP contribution in [0.15, 0.2) is 47.8 Å². The summed E-state index contributed by atoms with van der Waals surface area (Å²) in [5, 5.41) is 14.3. The van der Waals surface area contributed by atoms with Crippen molar-refractivity contribution < 1.29 is 24.3 Å². The summed E-state index contributed by atoms with van der Waals surface area (Å²) in [6.45, 7) is 6.79. The van der Waals surface area contributed by atoms with E-state index in [1.54, 1.807) is 0 Å². The van der Waals surface area contributed by atoms with Gasteiger partial charge in [0.2, 0.25) is 0 Å². The number of aliphatic hydroxyl groups is 1. The normalized spacial score (nSPS) is 13.2. The van der Waals surface area contributed by atoms with Crippen molar-refractivity contribution in [3.63, 3.8) is 0 Å². The number of aromatic nitrogens is 1. The highest BCUT2D eigenvalue weighted by atomic mass is 16.7. The van der Waals surface area contributed by atoms with Crippen LogP contribution in [0.3, 0.4) is 0 Å². The summed E-state index contributed by atoms with van der Waals surface area (Å²) in [6, 6.07) is 5.91. The molecule has 0 fully saturated rings. The monoisotopic (exact) mass is 482 g/mol. The topological polar surface area (TPSA) is 90.1 Å². The highest BCUT2D eigenvalue weighted by molar-refractivity contribution is 6.12. The van der Waals surface area contributed by atoms with E-state index in [1.165, 1.54) is 27.2 Å². The Morgan fingerprint density at radius 1 is 1.11 bits per heavy atom. The van der Waals surface area contributed by atoms with Crippen LogP contribution >= 0.6 is 0 Å². The molecular weight excluding hydrogens is 444 g/mol. The van der Waals surface area contributed by atoms with Crippen molar-refractivity contribution in [3.8, 4) is 5.75 Å². The van der Waals surface area contributed by atoms with E-state index in [0.717, 1.165) is 66.4 Å². The predicted molar refractivity (Wildman–Crippen MR) is 141 cm³/mol. The lowest BCUT2D eigenvalue weighted by Crippen LogP contribution is -2.05. The zero-order valence-electron chi connectivity index (χ0n) is 21.4. The fraction of sp³-hybridized carbons (Fsp3) is 0.464. The first-order valence-electron chi connectivity index (χ1n) is 12.3. The van der Waals surface area contributed by atoms with Crippen LogP contribution in [0.4, 0.5) is 0 Å². The minimum atomic E-state index is -0.431. The zero-order chi connectivity index (χ0) is 25.6. The Bertz CT molecular complexity index is 1070. The van der Waals surface area contributed by atoms with Gasteiger partial charge in [0.1, 0.15) is 18.1 Å². The maximum absolute atomic E-state index is 11.4. The van der Waals surface area contributed by atoms with Crippen molar-refractivity contribution in [1.29, 1.82) is 0 Å². The number of ketones is 1. The molecule has 1 N–H and O–H groups in total. The number of ether oxygens (including phenoxy) is 1. The van der Waals surface area contributed by atoms with Crippen molar-refractivity contribution in [2.45, 2.75) is 72.6 Å². The van der Waals surface area contributed by atoms with Crippen LogP contribution in [0, 0.1) is 0 Å². The summed E-state index contributed by atoms with van der Waals surface area (Å²) < 4.78 is 7.81. The molecule has 190 valence electrons. The van der Waals surface area contributed by atoms with Crippen LogP contribution in [0.5, 0.6) is 5.75 Å². The smallest absolute Gasteiger partial charge is 0.331 e. The number of Topliss-reactive ketones (excluding diaryl/α,β-unsaturated/α-hetero) is 1. The lowest BCUT2D eigenvalue weighted by molar-refractivity contribution is -0.140. The number of carbonyl (C=O) groups is 2. The quantitative estimate of drug-likeness (QED) is 0.183. The van der Waals surface area contributed by atoms with Gasteiger partial charge in [-0.2, -0.15) is 0 Å². The molecule has 0 radical (unpaired) electrons. The second kappa shape index (κ2) is 14.9. The molecular formula is C28H38N2O5. The molecule has 0 spiro atoms. The van der Waals surface area contributed by atoms with Crippen LogP contribution in [0.1, 0.15) is 78.2 Å². The maximum atomic E-state index is 11.4. The largest absolute Gasteiger partial charge is 0.491 e. The molecule has 0 amide bonds. The Hall–Kier alpha value is -3.19. The third-order valence-corrected chi connectivity index (χ3v) is 5.25. The lowest BCUT2D eigenvalue weighted by atomic mass is 10.0. The van der Waals surface area contributed by atoms with Gasteiger partial charge in [0.25, 0.3) is 0 Å². The fourth-order valence-corrected chi connectivity index (χ4v) is 3.75. The Balaban J connectivity index is 0.00000100. The van der Waals surface area contributed by atoms with Gasteiger partial charge in [0.05, 0.1) is 17.8 Å². The zero-order valence-corrected chi connectivity index (χ0v) is 21.4. The average Bonchev–Trinajstić information content (AvgIpc) is 3.21. The molecule has 0 saturated heterocycles. The second-order valence-corrected chi connectivity index (χ2v) is 8.61. The highest BCUT2D eigenvalue weighted by Gasteiger charge is 2.17. The fourth-order valence-electron chi connectivity index (χ4n) is 3.75. The summed E-state index contributed by atoms with van der Waals surface area (Å²) in [5.41, 5.74) is 3.84. The highest BCUT2D eigenvalue weighted by Crippen LogP contribution is 2.31. The van der Waals surface area contributed by atoms with Crippen molar-refractivity contribution in [2.24, 2.45) is 5.16 Å². The first-order valence-corrected chi connectivity index (χ1v) is 12.3. The molecule has 3 rings (SSSR count). The van der Waals surface area contributed by atoms with Crippen LogP contribution in [-0.2, 0) is 14.4 Å². The number of oxime groups is 1. The first kappa shape index (κ1) is 28.1. The molecule has 7 heteroatoms. The molecule has 1 aromatic carbocycles. The SMILES string of the molecule is CC(C)=O.CCCCCC/C(=N\OC(C)=O)c1cn(C2=CCCC=C2)c2ccc(OCCO)cc12. The van der Waals surface area contributed by atoms with Crippen molar-refractivity contribution >= 4 is 34.1 Å². The molecule has 1 heterocycles. The number of fused-ring (bicyclic) bond motifs is 1. The Kier molecular flexibility index (Phi) is 12.0. The van der Waals surface area contributed by atoms with E-state index in [1.807, 2.05) is 18.2 Å². The minimum Gasteiger partial charge on any atom is -0.491 e. The van der Waals surface area contributed by atoms with Gasteiger partial charge in [0, 0.05) is 29.8 Å². The molecule has 0 atom stereocenters. The third-order valence-electron chi connectivity index (χ3n) is 5.25. The van der Waals surface area contributed by atoms with Gasteiger partial charge in [-0.15, -0.1) is 0 Å². The van der Waals surface area contributed by atoms with Crippen LogP contribution in [0.2, 0.25) is 0 Å². The van der Waals surface area contributed by atoms with Crippen LogP contribution in [-0.4, -0.2) is 40.4 Å². The maximum Gasteiger partial charge on any atom is 0.331 e. The van der Waals surface area contributed by atoms with Crippen molar-refractivity contribution in [3.05, 3.63) is 48.2 Å². The van der Waals surface area contributed by atoms with E-state index in [-0.39, 0.29) is 19.0 Å². The Morgan fingerprint density at radius 2 is 1.89 bits per heavy atom. The number of unbranched alkanes of at least 4 members (excludes halogenated alkanes) is 3. The Morgan fingerprint density at radius 3 is 2.51 bits per heavy atom. The van der Waals surface area contributed by atoms with Gasteiger partial charge in [-0.25, -0.2) is 4.79 Å². The average molecular weight is 483 g/mol. The van der Waals surface area contributed by atoms with Gasteiger partial charge in [-0.3, -0.25) is 0 Å². The summed E-state index contributed by atoms with van der Waals surface area (Å²) >= 11 is 0. The molecule has 2 aromatic rings. The molecule has 0 bridgehead atoms. The van der Waals surface area contributed by atoms with Gasteiger partial charge in [0.15, 0.2) is 0 Å². The van der Waals surface area contributed by atoms with Crippen molar-refractivity contribution in [1.82, 2.24) is 4.57 Å². The van der Waals surface area contributed by atoms with Gasteiger partial charge in [-0.05, 0) is 63.8 Å². The van der Waals surface area contributed by atoms with E-state index in [9.17, 15) is 9.59 Å². The summed E-state index contributed by atoms with van der Waals surface area (Å²) in [5.74, 6) is 0.422. The number of hydrogen-bond acceptors (Lipinski definition) is 6.